The predicted octanol–water partition coefficient (Wildman–Crippen LogP) is 2.25. The van der Waals surface area contributed by atoms with E-state index in [1.54, 1.807) is 6.92 Å². The number of rotatable bonds is 5. The van der Waals surface area contributed by atoms with Gasteiger partial charge in [-0.05, 0) is 36.2 Å². The van der Waals surface area contributed by atoms with Gasteiger partial charge in [-0.25, -0.2) is 8.42 Å². The number of aliphatic hydroxyl groups is 1. The van der Waals surface area contributed by atoms with Crippen LogP contribution >= 0.6 is 0 Å². The van der Waals surface area contributed by atoms with E-state index >= 15 is 0 Å². The Balaban J connectivity index is 1.84. The van der Waals surface area contributed by atoms with Gasteiger partial charge in [0.25, 0.3) is 15.9 Å². The van der Waals surface area contributed by atoms with Gasteiger partial charge in [0.2, 0.25) is 0 Å². The van der Waals surface area contributed by atoms with Crippen LogP contribution in [0.5, 0.6) is 5.75 Å². The molecule has 0 atom stereocenters. The van der Waals surface area contributed by atoms with Crippen molar-refractivity contribution in [3.63, 3.8) is 0 Å². The molecule has 10 heteroatoms. The highest BCUT2D eigenvalue weighted by Gasteiger charge is 2.25. The van der Waals surface area contributed by atoms with Gasteiger partial charge >= 0.3 is 6.11 Å². The summed E-state index contributed by atoms with van der Waals surface area (Å²) in [5.41, 5.74) is 1.10. The number of anilines is 2. The number of aryl methyl sites for hydroxylation is 1. The molecule has 1 aliphatic heterocycles. The maximum Gasteiger partial charge on any atom is 0.357 e. The van der Waals surface area contributed by atoms with Crippen LogP contribution < -0.4 is 14.8 Å². The Morgan fingerprint density at radius 3 is 2.56 bits per heavy atom. The van der Waals surface area contributed by atoms with E-state index in [1.807, 2.05) is 0 Å². The fraction of sp³-hybridized carbons (Fsp3) is 0.235. The summed E-state index contributed by atoms with van der Waals surface area (Å²) >= 11 is 0. The molecule has 27 heavy (non-hydrogen) atoms. The largest absolute Gasteiger partial charge is 0.482 e. The lowest BCUT2D eigenvalue weighted by Gasteiger charge is -2.20. The van der Waals surface area contributed by atoms with Crippen LogP contribution in [0.4, 0.5) is 20.2 Å². The average molecular weight is 398 g/mol. The Morgan fingerprint density at radius 1 is 1.26 bits per heavy atom. The van der Waals surface area contributed by atoms with Crippen molar-refractivity contribution in [2.45, 2.75) is 24.3 Å². The summed E-state index contributed by atoms with van der Waals surface area (Å²) in [5.74, 6) is -0.0923. The van der Waals surface area contributed by atoms with Crippen LogP contribution in [0.1, 0.15) is 11.1 Å². The Morgan fingerprint density at radius 2 is 1.93 bits per heavy atom. The number of nitrogens with one attached hydrogen (secondary N) is 2. The van der Waals surface area contributed by atoms with Crippen molar-refractivity contribution in [1.29, 1.82) is 0 Å². The summed E-state index contributed by atoms with van der Waals surface area (Å²) < 4.78 is 58.2. The first-order chi connectivity index (χ1) is 12.5. The summed E-state index contributed by atoms with van der Waals surface area (Å²) in [7, 11) is -3.98. The third-order valence-corrected chi connectivity index (χ3v) is 5.35. The molecule has 0 bridgehead atoms. The van der Waals surface area contributed by atoms with E-state index in [4.69, 9.17) is 9.84 Å². The van der Waals surface area contributed by atoms with Gasteiger partial charge in [0.15, 0.2) is 6.61 Å². The molecule has 144 valence electrons. The van der Waals surface area contributed by atoms with Crippen LogP contribution in [-0.2, 0) is 21.2 Å². The van der Waals surface area contributed by atoms with Crippen molar-refractivity contribution in [3.8, 4) is 5.75 Å². The lowest BCUT2D eigenvalue weighted by Crippen LogP contribution is -2.26. The van der Waals surface area contributed by atoms with Gasteiger partial charge < -0.3 is 15.2 Å². The van der Waals surface area contributed by atoms with Crippen LogP contribution in [0.15, 0.2) is 41.3 Å². The molecule has 0 unspecified atom stereocenters. The molecule has 1 aliphatic rings. The molecular weight excluding hydrogens is 382 g/mol. The summed E-state index contributed by atoms with van der Waals surface area (Å²) in [6.45, 7) is 1.36. The van der Waals surface area contributed by atoms with Crippen LogP contribution in [0.3, 0.4) is 0 Å². The van der Waals surface area contributed by atoms with Crippen LogP contribution in [0, 0.1) is 6.92 Å². The Bertz CT molecular complexity index is 986. The summed E-state index contributed by atoms with van der Waals surface area (Å²) in [5, 5.41) is 11.1. The number of benzene rings is 2. The van der Waals surface area contributed by atoms with Gasteiger partial charge in [-0.1, -0.05) is 12.1 Å². The topological polar surface area (TPSA) is 105 Å². The first-order valence-electron chi connectivity index (χ1n) is 7.83. The Kier molecular flexibility index (Phi) is 4.79. The van der Waals surface area contributed by atoms with Crippen molar-refractivity contribution in [2.75, 3.05) is 16.6 Å². The van der Waals surface area contributed by atoms with E-state index in [0.29, 0.717) is 11.3 Å². The minimum Gasteiger partial charge on any atom is -0.482 e. The standard InChI is InChI=1S/C17H16F2N2O5S/c1-10-6-13-14(26-9-16(22)20-13)7-15(10)27(24,25)21-12-4-2-11(3-5-12)8-17(18,19)23/h2-7,21,23H,8-9H2,1H3,(H,20,22). The molecule has 2 aromatic carbocycles. The van der Waals surface area contributed by atoms with Crippen molar-refractivity contribution in [2.24, 2.45) is 0 Å². The smallest absolute Gasteiger partial charge is 0.357 e. The van der Waals surface area contributed by atoms with E-state index in [0.717, 1.165) is 0 Å². The monoisotopic (exact) mass is 398 g/mol. The van der Waals surface area contributed by atoms with Crippen LogP contribution in [0.25, 0.3) is 0 Å². The number of alkyl halides is 2. The highest BCUT2D eigenvalue weighted by atomic mass is 32.2. The zero-order chi connectivity index (χ0) is 19.8. The van der Waals surface area contributed by atoms with Crippen LogP contribution in [-0.4, -0.2) is 32.1 Å². The van der Waals surface area contributed by atoms with Crippen molar-refractivity contribution in [3.05, 3.63) is 47.5 Å². The molecule has 3 N–H and O–H groups in total. The first-order valence-corrected chi connectivity index (χ1v) is 9.31. The zero-order valence-corrected chi connectivity index (χ0v) is 14.9. The van der Waals surface area contributed by atoms with Gasteiger partial charge in [0.1, 0.15) is 5.75 Å². The van der Waals surface area contributed by atoms with Crippen LogP contribution in [0.2, 0.25) is 0 Å². The quantitative estimate of drug-likeness (QED) is 0.717. The highest BCUT2D eigenvalue weighted by molar-refractivity contribution is 7.92. The molecule has 0 aromatic heterocycles. The minimum absolute atomic E-state index is 0.0385. The Labute approximate surface area is 154 Å². The molecule has 1 heterocycles. The number of hydrogen-bond acceptors (Lipinski definition) is 5. The van der Waals surface area contributed by atoms with E-state index < -0.39 is 22.6 Å². The van der Waals surface area contributed by atoms with Gasteiger partial charge in [-0.3, -0.25) is 9.52 Å². The Hall–Kier alpha value is -2.72. The van der Waals surface area contributed by atoms with Gasteiger partial charge in [-0.15, -0.1) is 0 Å². The molecule has 0 saturated heterocycles. The van der Waals surface area contributed by atoms with E-state index in [1.165, 1.54) is 36.4 Å². The highest BCUT2D eigenvalue weighted by Crippen LogP contribution is 2.33. The summed E-state index contributed by atoms with van der Waals surface area (Å²) in [6.07, 6.45) is -4.70. The molecule has 0 aliphatic carbocycles. The van der Waals surface area contributed by atoms with Crippen molar-refractivity contribution in [1.82, 2.24) is 0 Å². The zero-order valence-electron chi connectivity index (χ0n) is 14.1. The molecule has 2 aromatic rings. The molecule has 0 saturated carbocycles. The van der Waals surface area contributed by atoms with E-state index in [-0.39, 0.29) is 34.4 Å². The van der Waals surface area contributed by atoms with E-state index in [2.05, 4.69) is 10.0 Å². The lowest BCUT2D eigenvalue weighted by atomic mass is 10.1. The predicted molar refractivity (Wildman–Crippen MR) is 93.4 cm³/mol. The normalized spacial score (nSPS) is 14.1. The molecule has 1 amide bonds. The molecule has 3 rings (SSSR count). The molecule has 0 fully saturated rings. The number of ether oxygens (including phenoxy) is 1. The van der Waals surface area contributed by atoms with Gasteiger partial charge in [0, 0.05) is 11.8 Å². The number of sulfonamides is 1. The second-order valence-corrected chi connectivity index (χ2v) is 7.75. The third-order valence-electron chi connectivity index (χ3n) is 3.82. The fourth-order valence-electron chi connectivity index (χ4n) is 2.65. The van der Waals surface area contributed by atoms with Crippen molar-refractivity contribution >= 4 is 27.3 Å². The number of halogens is 2. The minimum atomic E-state index is -3.98. The maximum atomic E-state index is 12.7. The fourth-order valence-corrected chi connectivity index (χ4v) is 3.95. The molecule has 0 radical (unpaired) electrons. The second kappa shape index (κ2) is 6.78. The molecule has 7 nitrogen and oxygen atoms in total. The number of fused-ring (bicyclic) bond motifs is 1. The number of hydrogen-bond donors (Lipinski definition) is 3. The molecular formula is C17H16F2N2O5S. The number of carbonyl (C=O) groups excluding carboxylic acids is 1. The average Bonchev–Trinajstić information content (AvgIpc) is 2.54. The van der Waals surface area contributed by atoms with Gasteiger partial charge in [0.05, 0.1) is 17.0 Å². The summed E-state index contributed by atoms with van der Waals surface area (Å²) in [4.78, 5) is 11.3. The van der Waals surface area contributed by atoms with Crippen molar-refractivity contribution < 1.29 is 31.8 Å². The first kappa shape index (κ1) is 19.1. The van der Waals surface area contributed by atoms with E-state index in [9.17, 15) is 22.0 Å². The second-order valence-electron chi connectivity index (χ2n) is 6.10. The number of carbonyl (C=O) groups is 1. The SMILES string of the molecule is Cc1cc2c(cc1S(=O)(=O)Nc1ccc(CC(O)(F)F)cc1)OCC(=O)N2. The number of amides is 1. The lowest BCUT2D eigenvalue weighted by molar-refractivity contribution is -0.196. The maximum absolute atomic E-state index is 12.7. The third kappa shape index (κ3) is 4.52. The summed E-state index contributed by atoms with van der Waals surface area (Å²) in [6, 6.07) is 8.04. The van der Waals surface area contributed by atoms with Gasteiger partial charge in [-0.2, -0.15) is 8.78 Å². The molecule has 0 spiro atoms.